The van der Waals surface area contributed by atoms with Crippen molar-refractivity contribution in [2.45, 2.75) is 62.0 Å². The van der Waals surface area contributed by atoms with Gasteiger partial charge in [-0.2, -0.15) is 9.57 Å². The minimum Gasteiger partial charge on any atom is -0.393 e. The van der Waals surface area contributed by atoms with Crippen LogP contribution >= 0.6 is 0 Å². The van der Waals surface area contributed by atoms with Crippen LogP contribution < -0.4 is 0 Å². The highest BCUT2D eigenvalue weighted by Gasteiger charge is 2.46. The van der Waals surface area contributed by atoms with Gasteiger partial charge in [-0.15, -0.1) is 0 Å². The third-order valence-corrected chi connectivity index (χ3v) is 8.88. The molecule has 1 saturated heterocycles. The van der Waals surface area contributed by atoms with Gasteiger partial charge in [-0.05, 0) is 49.8 Å². The fourth-order valence-electron chi connectivity index (χ4n) is 4.63. The number of nitrogens with zero attached hydrogens (tertiary/aromatic N) is 2. The monoisotopic (exact) mass is 428 g/mol. The molecule has 0 unspecified atom stereocenters. The van der Waals surface area contributed by atoms with Crippen LogP contribution in [0.1, 0.15) is 54.5 Å². The van der Waals surface area contributed by atoms with Crippen LogP contribution in [0.15, 0.2) is 48.5 Å². The highest BCUT2D eigenvalue weighted by atomic mass is 32.2. The van der Waals surface area contributed by atoms with Gasteiger partial charge < -0.3 is 5.11 Å². The molecular formula is C23H25FN2O3S. The van der Waals surface area contributed by atoms with Crippen LogP contribution in [0.5, 0.6) is 0 Å². The van der Waals surface area contributed by atoms with Gasteiger partial charge in [0.15, 0.2) is 0 Å². The highest BCUT2D eigenvalue weighted by Crippen LogP contribution is 2.44. The number of rotatable bonds is 4. The predicted molar refractivity (Wildman–Crippen MR) is 111 cm³/mol. The maximum atomic E-state index is 14.9. The zero-order chi connectivity index (χ0) is 21.5. The Hall–Kier alpha value is -2.27. The first kappa shape index (κ1) is 21.0. The fourth-order valence-corrected chi connectivity index (χ4v) is 6.82. The van der Waals surface area contributed by atoms with E-state index >= 15 is 0 Å². The summed E-state index contributed by atoms with van der Waals surface area (Å²) in [7, 11) is -3.64. The van der Waals surface area contributed by atoms with Gasteiger partial charge in [-0.3, -0.25) is 0 Å². The molecule has 2 atom stereocenters. The second-order valence-corrected chi connectivity index (χ2v) is 10.5. The molecule has 0 bridgehead atoms. The summed E-state index contributed by atoms with van der Waals surface area (Å²) >= 11 is 0. The van der Waals surface area contributed by atoms with Gasteiger partial charge >= 0.3 is 0 Å². The Morgan fingerprint density at radius 1 is 1.20 bits per heavy atom. The molecule has 1 aliphatic carbocycles. The Bertz CT molecular complexity index is 1080. The lowest BCUT2D eigenvalue weighted by Crippen LogP contribution is -2.45. The van der Waals surface area contributed by atoms with Crippen LogP contribution in [0.3, 0.4) is 0 Å². The van der Waals surface area contributed by atoms with Crippen molar-refractivity contribution in [1.82, 2.24) is 4.31 Å². The molecule has 0 spiro atoms. The first-order valence-corrected chi connectivity index (χ1v) is 11.7. The molecule has 1 heterocycles. The van der Waals surface area contributed by atoms with Gasteiger partial charge in [0, 0.05) is 18.2 Å². The third-order valence-electron chi connectivity index (χ3n) is 6.51. The molecule has 2 aromatic rings. The predicted octanol–water partition coefficient (Wildman–Crippen LogP) is 3.80. The number of aliphatic hydroxyl groups excluding tert-OH is 1. The van der Waals surface area contributed by atoms with E-state index in [0.29, 0.717) is 31.2 Å². The van der Waals surface area contributed by atoms with Crippen molar-refractivity contribution >= 4 is 10.0 Å². The molecule has 1 N–H and O–H groups in total. The van der Waals surface area contributed by atoms with E-state index in [1.807, 2.05) is 37.3 Å². The Morgan fingerprint density at radius 3 is 2.50 bits per heavy atom. The molecule has 0 amide bonds. The van der Waals surface area contributed by atoms with Crippen LogP contribution in [0, 0.1) is 17.1 Å². The van der Waals surface area contributed by atoms with Crippen molar-refractivity contribution in [1.29, 1.82) is 5.26 Å². The molecule has 0 aromatic heterocycles. The molecule has 1 aliphatic heterocycles. The number of hydrogen-bond donors (Lipinski definition) is 1. The second-order valence-electron chi connectivity index (χ2n) is 8.48. The van der Waals surface area contributed by atoms with Gasteiger partial charge in [0.25, 0.3) is 0 Å². The Balaban J connectivity index is 1.61. The van der Waals surface area contributed by atoms with E-state index in [-0.39, 0.29) is 18.2 Å². The lowest BCUT2D eigenvalue weighted by Gasteiger charge is -2.40. The van der Waals surface area contributed by atoms with Crippen molar-refractivity contribution in [2.75, 3.05) is 0 Å². The zero-order valence-electron chi connectivity index (χ0n) is 16.8. The first-order valence-electron chi connectivity index (χ1n) is 10.2. The summed E-state index contributed by atoms with van der Waals surface area (Å²) < 4.78 is 43.0. The van der Waals surface area contributed by atoms with E-state index in [1.54, 1.807) is 12.1 Å². The van der Waals surface area contributed by atoms with Crippen molar-refractivity contribution in [3.8, 4) is 6.07 Å². The summed E-state index contributed by atoms with van der Waals surface area (Å²) in [6, 6.07) is 15.7. The van der Waals surface area contributed by atoms with Gasteiger partial charge in [0.1, 0.15) is 11.1 Å². The van der Waals surface area contributed by atoms with Gasteiger partial charge in [0.2, 0.25) is 10.0 Å². The van der Waals surface area contributed by atoms with Crippen LogP contribution in [-0.4, -0.2) is 30.0 Å². The summed E-state index contributed by atoms with van der Waals surface area (Å²) in [5.74, 6) is -0.521. The minimum atomic E-state index is -3.64. The minimum absolute atomic E-state index is 0.0406. The molecule has 2 fully saturated rings. The lowest BCUT2D eigenvalue weighted by atomic mass is 9.64. The molecule has 4 rings (SSSR count). The van der Waals surface area contributed by atoms with E-state index in [1.165, 1.54) is 10.4 Å². The Morgan fingerprint density at radius 2 is 1.90 bits per heavy atom. The van der Waals surface area contributed by atoms with E-state index in [9.17, 15) is 23.2 Å². The summed E-state index contributed by atoms with van der Waals surface area (Å²) in [4.78, 5) is 0. The number of halogens is 1. The second kappa shape index (κ2) is 7.77. The Labute approximate surface area is 176 Å². The summed E-state index contributed by atoms with van der Waals surface area (Å²) in [6.45, 7) is 1.81. The molecule has 0 radical (unpaired) electrons. The smallest absolute Gasteiger partial charge is 0.221 e. The van der Waals surface area contributed by atoms with E-state index in [0.717, 1.165) is 5.56 Å². The molecule has 1 saturated carbocycles. The van der Waals surface area contributed by atoms with Gasteiger partial charge in [-0.25, -0.2) is 12.8 Å². The highest BCUT2D eigenvalue weighted by molar-refractivity contribution is 7.89. The molecule has 5 nitrogen and oxygen atoms in total. The largest absolute Gasteiger partial charge is 0.393 e. The van der Waals surface area contributed by atoms with E-state index in [4.69, 9.17) is 0 Å². The fraction of sp³-hybridized carbons (Fsp3) is 0.435. The normalized spacial score (nSPS) is 30.9. The maximum Gasteiger partial charge on any atom is 0.221 e. The van der Waals surface area contributed by atoms with Gasteiger partial charge in [-0.1, -0.05) is 42.5 Å². The van der Waals surface area contributed by atoms with Crippen LogP contribution in [0.4, 0.5) is 4.39 Å². The maximum absolute atomic E-state index is 14.9. The number of aliphatic hydroxyl groups is 1. The van der Waals surface area contributed by atoms with Crippen molar-refractivity contribution in [3.05, 3.63) is 71.0 Å². The molecule has 158 valence electrons. The quantitative estimate of drug-likeness (QED) is 0.803. The SMILES string of the molecule is C[C@H]1CC[C@H](c2ccccc2)S(=O)(=O)N1Cc1ccc(C2(C#N)CC(O)C2)cc1F. The lowest BCUT2D eigenvalue weighted by molar-refractivity contribution is 0.0446. The number of benzene rings is 2. The van der Waals surface area contributed by atoms with Crippen molar-refractivity contribution < 1.29 is 17.9 Å². The molecule has 2 aromatic carbocycles. The number of nitriles is 1. The first-order chi connectivity index (χ1) is 14.3. The molecule has 30 heavy (non-hydrogen) atoms. The van der Waals surface area contributed by atoms with E-state index < -0.39 is 32.6 Å². The van der Waals surface area contributed by atoms with Crippen molar-refractivity contribution in [3.63, 3.8) is 0 Å². The van der Waals surface area contributed by atoms with Crippen LogP contribution in [-0.2, 0) is 22.0 Å². The average molecular weight is 429 g/mol. The topological polar surface area (TPSA) is 81.4 Å². The van der Waals surface area contributed by atoms with Crippen molar-refractivity contribution in [2.24, 2.45) is 0 Å². The molecule has 2 aliphatic rings. The van der Waals surface area contributed by atoms with Crippen LogP contribution in [0.2, 0.25) is 0 Å². The standard InChI is InChI=1S/C23H25FN2O3S/c1-16-7-10-22(17-5-3-2-4-6-17)30(28,29)26(16)14-18-8-9-19(11-21(18)24)23(15-25)12-20(27)13-23/h2-6,8-9,11,16,20,22,27H,7,10,12-14H2,1H3/t16-,20?,22+,23?/m0/s1. The van der Waals surface area contributed by atoms with Gasteiger partial charge in [0.05, 0.1) is 17.6 Å². The summed E-state index contributed by atoms with van der Waals surface area (Å²) in [5.41, 5.74) is 0.718. The Kier molecular flexibility index (Phi) is 5.43. The summed E-state index contributed by atoms with van der Waals surface area (Å²) in [6.07, 6.45) is 1.28. The number of hydrogen-bond acceptors (Lipinski definition) is 4. The molecular weight excluding hydrogens is 403 g/mol. The average Bonchev–Trinajstić information content (AvgIpc) is 2.70. The summed E-state index contributed by atoms with van der Waals surface area (Å²) in [5, 5.41) is 18.5. The zero-order valence-corrected chi connectivity index (χ0v) is 17.6. The molecule has 7 heteroatoms. The third kappa shape index (κ3) is 3.53. The van der Waals surface area contributed by atoms with E-state index in [2.05, 4.69) is 6.07 Å². The van der Waals surface area contributed by atoms with Crippen LogP contribution in [0.25, 0.3) is 0 Å². The number of sulfonamides is 1.